The number of carbonyl (C=O) groups excluding carboxylic acids is 1. The van der Waals surface area contributed by atoms with E-state index in [0.717, 1.165) is 32.4 Å². The van der Waals surface area contributed by atoms with Crippen molar-refractivity contribution in [2.45, 2.75) is 39.2 Å². The van der Waals surface area contributed by atoms with Crippen molar-refractivity contribution in [1.82, 2.24) is 4.90 Å². The molecule has 1 rings (SSSR count). The van der Waals surface area contributed by atoms with Crippen molar-refractivity contribution in [2.24, 2.45) is 17.6 Å². The van der Waals surface area contributed by atoms with Crippen molar-refractivity contribution >= 4 is 5.91 Å². The molecule has 1 amide bonds. The second kappa shape index (κ2) is 6.04. The first kappa shape index (κ1) is 13.2. The lowest BCUT2D eigenvalue weighted by Crippen LogP contribution is -2.49. The highest BCUT2D eigenvalue weighted by molar-refractivity contribution is 5.82. The van der Waals surface area contributed by atoms with Crippen molar-refractivity contribution < 1.29 is 4.79 Å². The molecule has 16 heavy (non-hydrogen) atoms. The molecule has 2 N–H and O–H groups in total. The van der Waals surface area contributed by atoms with E-state index in [1.54, 1.807) is 0 Å². The maximum absolute atomic E-state index is 12.1. The standard InChI is InChI=1S/C13H24N2O/c1-4-10(3)12(14)13(16)15-8-6-11(5-2)7-9-15/h5,10-12H,2,4,6-9,14H2,1,3H3. The molecular formula is C13H24N2O. The third kappa shape index (κ3) is 3.08. The lowest BCUT2D eigenvalue weighted by atomic mass is 9.94. The van der Waals surface area contributed by atoms with E-state index in [4.69, 9.17) is 5.73 Å². The Bertz CT molecular complexity index is 244. The van der Waals surface area contributed by atoms with Gasteiger partial charge in [0, 0.05) is 13.1 Å². The van der Waals surface area contributed by atoms with E-state index < -0.39 is 0 Å². The average molecular weight is 224 g/mol. The van der Waals surface area contributed by atoms with Crippen LogP contribution in [0.5, 0.6) is 0 Å². The summed E-state index contributed by atoms with van der Waals surface area (Å²) in [7, 11) is 0. The van der Waals surface area contributed by atoms with Crippen LogP contribution in [0.2, 0.25) is 0 Å². The van der Waals surface area contributed by atoms with Crippen molar-refractivity contribution in [1.29, 1.82) is 0 Å². The van der Waals surface area contributed by atoms with Crippen LogP contribution < -0.4 is 5.73 Å². The number of likely N-dealkylation sites (tertiary alicyclic amines) is 1. The topological polar surface area (TPSA) is 46.3 Å². The van der Waals surface area contributed by atoms with E-state index in [1.807, 2.05) is 17.9 Å². The molecule has 0 radical (unpaired) electrons. The quantitative estimate of drug-likeness (QED) is 0.740. The number of hydrogen-bond donors (Lipinski definition) is 1. The van der Waals surface area contributed by atoms with Gasteiger partial charge in [0.05, 0.1) is 6.04 Å². The number of rotatable bonds is 4. The fourth-order valence-electron chi connectivity index (χ4n) is 2.06. The molecule has 92 valence electrons. The summed E-state index contributed by atoms with van der Waals surface area (Å²) in [5.74, 6) is 0.963. The maximum Gasteiger partial charge on any atom is 0.239 e. The third-order valence-corrected chi connectivity index (χ3v) is 3.73. The number of piperidine rings is 1. The molecule has 1 saturated heterocycles. The molecule has 1 heterocycles. The predicted octanol–water partition coefficient (Wildman–Crippen LogP) is 1.78. The molecule has 0 aromatic heterocycles. The normalized spacial score (nSPS) is 21.6. The fourth-order valence-corrected chi connectivity index (χ4v) is 2.06. The summed E-state index contributed by atoms with van der Waals surface area (Å²) < 4.78 is 0. The van der Waals surface area contributed by atoms with E-state index in [-0.39, 0.29) is 17.9 Å². The van der Waals surface area contributed by atoms with Gasteiger partial charge in [-0.3, -0.25) is 4.79 Å². The van der Waals surface area contributed by atoms with Gasteiger partial charge in [0.2, 0.25) is 5.91 Å². The van der Waals surface area contributed by atoms with Gasteiger partial charge in [0.1, 0.15) is 0 Å². The molecule has 2 atom stereocenters. The summed E-state index contributed by atoms with van der Waals surface area (Å²) >= 11 is 0. The van der Waals surface area contributed by atoms with Crippen molar-refractivity contribution in [3.63, 3.8) is 0 Å². The highest BCUT2D eigenvalue weighted by Crippen LogP contribution is 2.19. The van der Waals surface area contributed by atoms with Crippen LogP contribution in [0.1, 0.15) is 33.1 Å². The fraction of sp³-hybridized carbons (Fsp3) is 0.769. The van der Waals surface area contributed by atoms with Gasteiger partial charge in [-0.2, -0.15) is 0 Å². The number of amides is 1. The lowest BCUT2D eigenvalue weighted by Gasteiger charge is -2.33. The number of nitrogens with zero attached hydrogens (tertiary/aromatic N) is 1. The van der Waals surface area contributed by atoms with Crippen LogP contribution in [0.15, 0.2) is 12.7 Å². The number of nitrogens with two attached hydrogens (primary N) is 1. The van der Waals surface area contributed by atoms with Gasteiger partial charge in [0.15, 0.2) is 0 Å². The zero-order valence-electron chi connectivity index (χ0n) is 10.5. The van der Waals surface area contributed by atoms with Crippen LogP contribution in [0.3, 0.4) is 0 Å². The van der Waals surface area contributed by atoms with E-state index in [1.165, 1.54) is 0 Å². The largest absolute Gasteiger partial charge is 0.341 e. The Labute approximate surface area is 98.7 Å². The van der Waals surface area contributed by atoms with E-state index >= 15 is 0 Å². The number of allylic oxidation sites excluding steroid dienone is 1. The summed E-state index contributed by atoms with van der Waals surface area (Å²) in [6.07, 6.45) is 5.01. The molecule has 1 aliphatic heterocycles. The Balaban J connectivity index is 2.47. The second-order valence-electron chi connectivity index (χ2n) is 4.81. The summed E-state index contributed by atoms with van der Waals surface area (Å²) in [6.45, 7) is 9.58. The molecule has 0 aromatic rings. The van der Waals surface area contributed by atoms with Gasteiger partial charge in [-0.05, 0) is 24.7 Å². The van der Waals surface area contributed by atoms with Gasteiger partial charge in [-0.15, -0.1) is 6.58 Å². The lowest BCUT2D eigenvalue weighted by molar-refractivity contribution is -0.134. The summed E-state index contributed by atoms with van der Waals surface area (Å²) in [4.78, 5) is 14.0. The molecule has 3 heteroatoms. The minimum atomic E-state index is -0.328. The Morgan fingerprint density at radius 2 is 2.12 bits per heavy atom. The molecule has 3 nitrogen and oxygen atoms in total. The highest BCUT2D eigenvalue weighted by Gasteiger charge is 2.27. The van der Waals surface area contributed by atoms with E-state index in [2.05, 4.69) is 13.5 Å². The van der Waals surface area contributed by atoms with Crippen molar-refractivity contribution in [2.75, 3.05) is 13.1 Å². The minimum absolute atomic E-state index is 0.122. The summed E-state index contributed by atoms with van der Waals surface area (Å²) in [6, 6.07) is -0.328. The van der Waals surface area contributed by atoms with Crippen molar-refractivity contribution in [3.05, 3.63) is 12.7 Å². The third-order valence-electron chi connectivity index (χ3n) is 3.73. The SMILES string of the molecule is C=CC1CCN(C(=O)C(N)C(C)CC)CC1. The van der Waals surface area contributed by atoms with Crippen LogP contribution in [0.4, 0.5) is 0 Å². The smallest absolute Gasteiger partial charge is 0.239 e. The van der Waals surface area contributed by atoms with Gasteiger partial charge in [-0.1, -0.05) is 26.3 Å². The molecular weight excluding hydrogens is 200 g/mol. The minimum Gasteiger partial charge on any atom is -0.341 e. The molecule has 0 aliphatic carbocycles. The first-order valence-electron chi connectivity index (χ1n) is 6.27. The van der Waals surface area contributed by atoms with Gasteiger partial charge < -0.3 is 10.6 Å². The Morgan fingerprint density at radius 1 is 1.56 bits per heavy atom. The first-order valence-corrected chi connectivity index (χ1v) is 6.27. The highest BCUT2D eigenvalue weighted by atomic mass is 16.2. The van der Waals surface area contributed by atoms with Gasteiger partial charge >= 0.3 is 0 Å². The maximum atomic E-state index is 12.1. The van der Waals surface area contributed by atoms with Crippen LogP contribution in [-0.4, -0.2) is 29.9 Å². The molecule has 1 aliphatic rings. The Morgan fingerprint density at radius 3 is 2.56 bits per heavy atom. The van der Waals surface area contributed by atoms with Gasteiger partial charge in [-0.25, -0.2) is 0 Å². The summed E-state index contributed by atoms with van der Waals surface area (Å²) in [5.41, 5.74) is 5.96. The number of hydrogen-bond acceptors (Lipinski definition) is 2. The summed E-state index contributed by atoms with van der Waals surface area (Å²) in [5, 5.41) is 0. The Hall–Kier alpha value is -0.830. The molecule has 0 spiro atoms. The first-order chi connectivity index (χ1) is 7.60. The monoisotopic (exact) mass is 224 g/mol. The average Bonchev–Trinajstić information content (AvgIpc) is 2.36. The molecule has 2 unspecified atom stereocenters. The second-order valence-corrected chi connectivity index (χ2v) is 4.81. The number of carbonyl (C=O) groups is 1. The Kier molecular flexibility index (Phi) is 5.00. The van der Waals surface area contributed by atoms with Gasteiger partial charge in [0.25, 0.3) is 0 Å². The predicted molar refractivity (Wildman–Crippen MR) is 66.9 cm³/mol. The van der Waals surface area contributed by atoms with E-state index in [0.29, 0.717) is 5.92 Å². The zero-order chi connectivity index (χ0) is 12.1. The zero-order valence-corrected chi connectivity index (χ0v) is 10.5. The van der Waals surface area contributed by atoms with Crippen molar-refractivity contribution in [3.8, 4) is 0 Å². The van der Waals surface area contributed by atoms with Crippen LogP contribution >= 0.6 is 0 Å². The van der Waals surface area contributed by atoms with Crippen LogP contribution in [0.25, 0.3) is 0 Å². The molecule has 0 bridgehead atoms. The molecule has 0 aromatic carbocycles. The van der Waals surface area contributed by atoms with E-state index in [9.17, 15) is 4.79 Å². The molecule has 0 saturated carbocycles. The van der Waals surface area contributed by atoms with Crippen LogP contribution in [-0.2, 0) is 4.79 Å². The molecule has 1 fully saturated rings. The van der Waals surface area contributed by atoms with Crippen LogP contribution in [0, 0.1) is 11.8 Å².